The molecule has 0 radical (unpaired) electrons. The molecule has 0 spiro atoms. The van der Waals surface area contributed by atoms with E-state index in [9.17, 15) is 13.5 Å². The number of phenols is 1. The lowest BCUT2D eigenvalue weighted by Crippen LogP contribution is -2.00. The van der Waals surface area contributed by atoms with E-state index in [1.807, 2.05) is 0 Å². The highest BCUT2D eigenvalue weighted by Gasteiger charge is 2.15. The van der Waals surface area contributed by atoms with Crippen LogP contribution in [0.15, 0.2) is 23.1 Å². The summed E-state index contributed by atoms with van der Waals surface area (Å²) in [5, 5.41) is 9.42. The molecule has 0 amide bonds. The summed E-state index contributed by atoms with van der Waals surface area (Å²) < 4.78 is 31.2. The van der Waals surface area contributed by atoms with Crippen LogP contribution in [0.25, 0.3) is 0 Å². The molecule has 1 aromatic rings. The Morgan fingerprint density at radius 3 is 2.20 bits per heavy atom. The monoisotopic (exact) mass is 300 g/mol. The molecule has 0 heterocycles. The molecule has 5 heteroatoms. The number of aryl methyl sites for hydroxylation is 1. The molecule has 20 heavy (non-hydrogen) atoms. The summed E-state index contributed by atoms with van der Waals surface area (Å²) in [6.07, 6.45) is 9.12. The van der Waals surface area contributed by atoms with Crippen molar-refractivity contribution in [2.45, 2.75) is 63.2 Å². The van der Waals surface area contributed by atoms with Gasteiger partial charge in [-0.2, -0.15) is 8.42 Å². The summed E-state index contributed by atoms with van der Waals surface area (Å²) in [6, 6.07) is 4.36. The fourth-order valence-corrected chi connectivity index (χ4v) is 2.84. The summed E-state index contributed by atoms with van der Waals surface area (Å²) >= 11 is 0. The number of hydrogen-bond acceptors (Lipinski definition) is 3. The van der Waals surface area contributed by atoms with Gasteiger partial charge in [0.05, 0.1) is 0 Å². The molecule has 0 fully saturated rings. The molecule has 1 aromatic carbocycles. The molecule has 0 aromatic heterocycles. The average Bonchev–Trinajstić information content (AvgIpc) is 2.38. The van der Waals surface area contributed by atoms with Crippen LogP contribution in [-0.4, -0.2) is 18.1 Å². The van der Waals surface area contributed by atoms with Crippen LogP contribution in [0.2, 0.25) is 0 Å². The van der Waals surface area contributed by atoms with Crippen molar-refractivity contribution in [2.75, 3.05) is 0 Å². The van der Waals surface area contributed by atoms with Gasteiger partial charge in [0.25, 0.3) is 10.1 Å². The minimum Gasteiger partial charge on any atom is -0.506 e. The Bertz CT molecular complexity index is 509. The molecule has 0 saturated heterocycles. The maximum atomic E-state index is 11.1. The van der Waals surface area contributed by atoms with Crippen LogP contribution in [0.5, 0.6) is 5.75 Å². The Morgan fingerprint density at radius 1 is 1.00 bits per heavy atom. The second kappa shape index (κ2) is 8.27. The maximum absolute atomic E-state index is 11.1. The van der Waals surface area contributed by atoms with Crippen LogP contribution < -0.4 is 0 Å². The van der Waals surface area contributed by atoms with E-state index in [1.54, 1.807) is 6.07 Å². The fraction of sp³-hybridized carbons (Fsp3) is 0.600. The zero-order valence-corrected chi connectivity index (χ0v) is 12.8. The zero-order valence-electron chi connectivity index (χ0n) is 12.0. The topological polar surface area (TPSA) is 74.6 Å². The Morgan fingerprint density at radius 2 is 1.60 bits per heavy atom. The highest BCUT2D eigenvalue weighted by Crippen LogP contribution is 2.24. The van der Waals surface area contributed by atoms with Crippen molar-refractivity contribution in [1.29, 1.82) is 0 Å². The summed E-state index contributed by atoms with van der Waals surface area (Å²) in [7, 11) is -4.35. The molecule has 1 rings (SSSR count). The van der Waals surface area contributed by atoms with E-state index >= 15 is 0 Å². The second-order valence-electron chi connectivity index (χ2n) is 5.15. The smallest absolute Gasteiger partial charge is 0.298 e. The molecule has 0 aliphatic carbocycles. The molecule has 4 nitrogen and oxygen atoms in total. The fourth-order valence-electron chi connectivity index (χ4n) is 2.21. The molecule has 0 unspecified atom stereocenters. The maximum Gasteiger partial charge on any atom is 0.298 e. The Hall–Kier alpha value is -1.07. The minimum atomic E-state index is -4.35. The van der Waals surface area contributed by atoms with Gasteiger partial charge in [0.15, 0.2) is 0 Å². The van der Waals surface area contributed by atoms with Crippen molar-refractivity contribution < 1.29 is 18.1 Å². The number of unbranched alkanes of at least 4 members (excludes halogenated alkanes) is 6. The number of aromatic hydroxyl groups is 1. The third-order valence-corrected chi connectivity index (χ3v) is 4.25. The van der Waals surface area contributed by atoms with Gasteiger partial charge < -0.3 is 5.11 Å². The second-order valence-corrected chi connectivity index (χ2v) is 6.54. The van der Waals surface area contributed by atoms with E-state index in [0.29, 0.717) is 0 Å². The Kier molecular flexibility index (Phi) is 7.02. The van der Waals surface area contributed by atoms with E-state index in [-0.39, 0.29) is 0 Å². The largest absolute Gasteiger partial charge is 0.506 e. The van der Waals surface area contributed by atoms with Gasteiger partial charge in [-0.05, 0) is 30.5 Å². The van der Waals surface area contributed by atoms with Gasteiger partial charge in [-0.25, -0.2) is 0 Å². The number of rotatable bonds is 9. The van der Waals surface area contributed by atoms with E-state index in [0.717, 1.165) is 24.8 Å². The minimum absolute atomic E-state index is 0.405. The Labute approximate surface area is 121 Å². The first-order chi connectivity index (χ1) is 9.45. The van der Waals surface area contributed by atoms with Crippen LogP contribution in [0, 0.1) is 0 Å². The van der Waals surface area contributed by atoms with Crippen LogP contribution in [0.3, 0.4) is 0 Å². The van der Waals surface area contributed by atoms with Crippen LogP contribution in [0.1, 0.15) is 57.4 Å². The Balaban J connectivity index is 2.42. The lowest BCUT2D eigenvalue weighted by Gasteiger charge is -2.06. The number of benzene rings is 1. The van der Waals surface area contributed by atoms with Crippen molar-refractivity contribution in [3.05, 3.63) is 23.8 Å². The van der Waals surface area contributed by atoms with Crippen LogP contribution in [0.4, 0.5) is 0 Å². The van der Waals surface area contributed by atoms with Gasteiger partial charge in [-0.1, -0.05) is 51.5 Å². The van der Waals surface area contributed by atoms with E-state index in [2.05, 4.69) is 6.92 Å². The molecule has 114 valence electrons. The van der Waals surface area contributed by atoms with Crippen molar-refractivity contribution in [3.8, 4) is 5.75 Å². The molecular formula is C15H24O4S. The van der Waals surface area contributed by atoms with Crippen molar-refractivity contribution >= 4 is 10.1 Å². The molecule has 0 saturated carbocycles. The van der Waals surface area contributed by atoms with Gasteiger partial charge in [0.2, 0.25) is 0 Å². The number of hydrogen-bond donors (Lipinski definition) is 2. The average molecular weight is 300 g/mol. The third kappa shape index (κ3) is 5.92. The lowest BCUT2D eigenvalue weighted by atomic mass is 10.0. The molecule has 0 aliphatic rings. The van der Waals surface area contributed by atoms with Gasteiger partial charge in [0, 0.05) is 0 Å². The normalized spacial score (nSPS) is 11.7. The molecular weight excluding hydrogens is 276 g/mol. The first-order valence-corrected chi connectivity index (χ1v) is 8.68. The predicted octanol–water partition coefficient (Wildman–Crippen LogP) is 3.93. The van der Waals surface area contributed by atoms with Crippen molar-refractivity contribution in [1.82, 2.24) is 0 Å². The van der Waals surface area contributed by atoms with E-state index in [4.69, 9.17) is 4.55 Å². The molecule has 0 bridgehead atoms. The first kappa shape index (κ1) is 17.0. The summed E-state index contributed by atoms with van der Waals surface area (Å²) in [5.41, 5.74) is 0.823. The zero-order chi connectivity index (χ0) is 15.0. The van der Waals surface area contributed by atoms with Gasteiger partial charge in [-0.3, -0.25) is 4.55 Å². The molecule has 2 N–H and O–H groups in total. The van der Waals surface area contributed by atoms with Gasteiger partial charge in [-0.15, -0.1) is 0 Å². The lowest BCUT2D eigenvalue weighted by molar-refractivity contribution is 0.442. The standard InChI is InChI=1S/C15H24O4S/c1-2-3-4-5-6-7-8-9-13-10-11-14(16)15(12-13)20(17,18)19/h10-12,16H,2-9H2,1H3,(H,17,18,19). The van der Waals surface area contributed by atoms with Crippen molar-refractivity contribution in [3.63, 3.8) is 0 Å². The summed E-state index contributed by atoms with van der Waals surface area (Å²) in [6.45, 7) is 2.19. The summed E-state index contributed by atoms with van der Waals surface area (Å²) in [4.78, 5) is -0.405. The highest BCUT2D eigenvalue weighted by molar-refractivity contribution is 7.86. The summed E-state index contributed by atoms with van der Waals surface area (Å²) in [5.74, 6) is -0.407. The van der Waals surface area contributed by atoms with E-state index in [1.165, 1.54) is 44.2 Å². The van der Waals surface area contributed by atoms with Crippen molar-refractivity contribution in [2.24, 2.45) is 0 Å². The van der Waals surface area contributed by atoms with Gasteiger partial charge >= 0.3 is 0 Å². The van der Waals surface area contributed by atoms with Gasteiger partial charge in [0.1, 0.15) is 10.6 Å². The number of phenolic OH excluding ortho intramolecular Hbond substituents is 1. The van der Waals surface area contributed by atoms with E-state index < -0.39 is 20.8 Å². The SMILES string of the molecule is CCCCCCCCCc1ccc(O)c(S(=O)(=O)O)c1. The van der Waals surface area contributed by atoms with Crippen LogP contribution >= 0.6 is 0 Å². The molecule has 0 atom stereocenters. The molecule has 0 aliphatic heterocycles. The van der Waals surface area contributed by atoms with Crippen LogP contribution in [-0.2, 0) is 16.5 Å². The first-order valence-electron chi connectivity index (χ1n) is 7.24. The highest BCUT2D eigenvalue weighted by atomic mass is 32.2. The predicted molar refractivity (Wildman–Crippen MR) is 79.6 cm³/mol. The quantitative estimate of drug-likeness (QED) is 0.535. The third-order valence-electron chi connectivity index (χ3n) is 3.37.